The number of nitrogens with one attached hydrogen (secondary N) is 1. The maximum atomic E-state index is 12.1. The first-order valence-corrected chi connectivity index (χ1v) is 8.15. The first-order chi connectivity index (χ1) is 10.7. The Morgan fingerprint density at radius 2 is 2.41 bits per heavy atom. The number of amides is 1. The Kier molecular flexibility index (Phi) is 4.20. The van der Waals surface area contributed by atoms with Gasteiger partial charge < -0.3 is 9.88 Å². The van der Waals surface area contributed by atoms with Crippen LogP contribution in [-0.4, -0.2) is 21.5 Å². The molecule has 0 aromatic carbocycles. The Labute approximate surface area is 132 Å². The average molecular weight is 315 g/mol. The molecule has 1 aliphatic carbocycles. The Balaban J connectivity index is 1.77. The summed E-state index contributed by atoms with van der Waals surface area (Å²) in [5.41, 5.74) is 4.30. The third-order valence-corrected chi connectivity index (χ3v) is 4.48. The Bertz CT molecular complexity index is 749. The van der Waals surface area contributed by atoms with Crippen LogP contribution in [0.5, 0.6) is 0 Å². The second-order valence-electron chi connectivity index (χ2n) is 5.33. The predicted molar refractivity (Wildman–Crippen MR) is 86.3 cm³/mol. The van der Waals surface area contributed by atoms with Gasteiger partial charge in [-0.3, -0.25) is 9.59 Å². The van der Waals surface area contributed by atoms with Gasteiger partial charge in [-0.05, 0) is 24.8 Å². The molecule has 0 radical (unpaired) electrons. The molecule has 1 N–H and O–H groups in total. The van der Waals surface area contributed by atoms with Crippen LogP contribution in [0.2, 0.25) is 0 Å². The molecule has 2 aromatic rings. The molecule has 2 heterocycles. The fourth-order valence-corrected chi connectivity index (χ4v) is 3.39. The minimum absolute atomic E-state index is 0.00334. The number of hydrogen-bond acceptors (Lipinski definition) is 4. The van der Waals surface area contributed by atoms with Crippen LogP contribution in [-0.2, 0) is 19.4 Å². The van der Waals surface area contributed by atoms with Crippen LogP contribution < -0.4 is 10.9 Å². The van der Waals surface area contributed by atoms with Crippen molar-refractivity contribution in [2.75, 3.05) is 0 Å². The number of carbonyl (C=O) groups is 1. The topological polar surface area (TPSA) is 64.0 Å². The van der Waals surface area contributed by atoms with E-state index in [0.717, 1.165) is 30.5 Å². The van der Waals surface area contributed by atoms with Crippen LogP contribution in [0.15, 0.2) is 40.5 Å². The number of rotatable bonds is 4. The Morgan fingerprint density at radius 1 is 1.55 bits per heavy atom. The molecule has 3 rings (SSSR count). The molecule has 0 fully saturated rings. The van der Waals surface area contributed by atoms with Gasteiger partial charge in [0.25, 0.3) is 11.5 Å². The summed E-state index contributed by atoms with van der Waals surface area (Å²) in [5.74, 6) is -0.130. The largest absolute Gasteiger partial charge is 0.348 e. The second kappa shape index (κ2) is 6.27. The Hall–Kier alpha value is -2.21. The van der Waals surface area contributed by atoms with Crippen molar-refractivity contribution < 1.29 is 4.79 Å². The number of hydrogen-bond donors (Lipinski definition) is 1. The smallest absolute Gasteiger partial charge is 0.270 e. The molecule has 1 amide bonds. The number of allylic oxidation sites excluding steroid dienone is 1. The summed E-state index contributed by atoms with van der Waals surface area (Å²) < 4.78 is 1.76. The number of nitrogens with zero attached hydrogens (tertiary/aromatic N) is 2. The molecule has 1 atom stereocenters. The monoisotopic (exact) mass is 315 g/mol. The van der Waals surface area contributed by atoms with E-state index in [9.17, 15) is 9.59 Å². The molecule has 114 valence electrons. The van der Waals surface area contributed by atoms with Crippen molar-refractivity contribution in [2.24, 2.45) is 0 Å². The van der Waals surface area contributed by atoms with Gasteiger partial charge in [-0.1, -0.05) is 12.1 Å². The van der Waals surface area contributed by atoms with Crippen molar-refractivity contribution in [3.63, 3.8) is 0 Å². The summed E-state index contributed by atoms with van der Waals surface area (Å²) in [4.78, 5) is 28.0. The van der Waals surface area contributed by atoms with E-state index in [2.05, 4.69) is 16.9 Å². The van der Waals surface area contributed by atoms with E-state index in [1.807, 2.05) is 6.07 Å². The molecule has 1 unspecified atom stereocenters. The number of thiazole rings is 1. The van der Waals surface area contributed by atoms with Crippen molar-refractivity contribution >= 4 is 17.2 Å². The first-order valence-electron chi connectivity index (χ1n) is 7.20. The van der Waals surface area contributed by atoms with Gasteiger partial charge in [-0.15, -0.1) is 17.9 Å². The minimum Gasteiger partial charge on any atom is -0.348 e. The number of pyridine rings is 1. The van der Waals surface area contributed by atoms with Gasteiger partial charge in [-0.2, -0.15) is 0 Å². The molecule has 5 nitrogen and oxygen atoms in total. The maximum Gasteiger partial charge on any atom is 0.270 e. The van der Waals surface area contributed by atoms with E-state index in [4.69, 9.17) is 0 Å². The maximum absolute atomic E-state index is 12.1. The lowest BCUT2D eigenvalue weighted by Gasteiger charge is -2.27. The SMILES string of the molecule is C=CCn1c2c(ccc1=O)CC(NC(=O)c1cscn1)CC2. The van der Waals surface area contributed by atoms with Crippen molar-refractivity contribution in [1.29, 1.82) is 0 Å². The van der Waals surface area contributed by atoms with E-state index in [-0.39, 0.29) is 17.5 Å². The Morgan fingerprint density at radius 3 is 3.14 bits per heavy atom. The first kappa shape index (κ1) is 14.7. The van der Waals surface area contributed by atoms with Gasteiger partial charge in [-0.25, -0.2) is 4.98 Å². The average Bonchev–Trinajstić information content (AvgIpc) is 3.05. The van der Waals surface area contributed by atoms with E-state index in [0.29, 0.717) is 12.2 Å². The minimum atomic E-state index is -0.130. The zero-order valence-electron chi connectivity index (χ0n) is 12.1. The highest BCUT2D eigenvalue weighted by Gasteiger charge is 2.23. The van der Waals surface area contributed by atoms with Crippen LogP contribution in [0.25, 0.3) is 0 Å². The van der Waals surface area contributed by atoms with Gasteiger partial charge in [0.2, 0.25) is 0 Å². The molecule has 6 heteroatoms. The number of aromatic nitrogens is 2. The van der Waals surface area contributed by atoms with Gasteiger partial charge in [0, 0.05) is 29.7 Å². The predicted octanol–water partition coefficient (Wildman–Crippen LogP) is 1.78. The lowest BCUT2D eigenvalue weighted by atomic mass is 9.91. The zero-order chi connectivity index (χ0) is 15.5. The van der Waals surface area contributed by atoms with Crippen molar-refractivity contribution in [3.8, 4) is 0 Å². The second-order valence-corrected chi connectivity index (χ2v) is 6.05. The lowest BCUT2D eigenvalue weighted by Crippen LogP contribution is -2.40. The van der Waals surface area contributed by atoms with Crippen LogP contribution in [0.4, 0.5) is 0 Å². The van der Waals surface area contributed by atoms with Crippen LogP contribution in [0, 0.1) is 0 Å². The summed E-state index contributed by atoms with van der Waals surface area (Å²) in [6.07, 6.45) is 4.07. The molecule has 0 spiro atoms. The van der Waals surface area contributed by atoms with E-state index >= 15 is 0 Å². The molecule has 22 heavy (non-hydrogen) atoms. The molecule has 0 bridgehead atoms. The highest BCUT2D eigenvalue weighted by atomic mass is 32.1. The van der Waals surface area contributed by atoms with Crippen LogP contribution in [0.3, 0.4) is 0 Å². The van der Waals surface area contributed by atoms with E-state index < -0.39 is 0 Å². The zero-order valence-corrected chi connectivity index (χ0v) is 12.9. The molecular weight excluding hydrogens is 298 g/mol. The molecule has 0 saturated carbocycles. The molecule has 1 aliphatic rings. The van der Waals surface area contributed by atoms with E-state index in [1.54, 1.807) is 27.6 Å². The summed E-state index contributed by atoms with van der Waals surface area (Å²) in [5, 5.41) is 4.77. The van der Waals surface area contributed by atoms with Gasteiger partial charge in [0.05, 0.1) is 5.51 Å². The number of fused-ring (bicyclic) bond motifs is 1. The van der Waals surface area contributed by atoms with E-state index in [1.165, 1.54) is 11.3 Å². The highest BCUT2D eigenvalue weighted by Crippen LogP contribution is 2.20. The van der Waals surface area contributed by atoms with Crippen molar-refractivity contribution in [2.45, 2.75) is 31.8 Å². The molecule has 0 aliphatic heterocycles. The van der Waals surface area contributed by atoms with Crippen LogP contribution >= 0.6 is 11.3 Å². The third-order valence-electron chi connectivity index (χ3n) is 3.90. The molecular formula is C16H17N3O2S. The summed E-state index contributed by atoms with van der Waals surface area (Å²) in [6, 6.07) is 3.54. The van der Waals surface area contributed by atoms with Crippen molar-refractivity contribution in [1.82, 2.24) is 14.9 Å². The summed E-state index contributed by atoms with van der Waals surface area (Å²) >= 11 is 1.41. The van der Waals surface area contributed by atoms with Gasteiger partial charge in [0.15, 0.2) is 0 Å². The van der Waals surface area contributed by atoms with Gasteiger partial charge in [0.1, 0.15) is 5.69 Å². The summed E-state index contributed by atoms with van der Waals surface area (Å²) in [6.45, 7) is 4.23. The highest BCUT2D eigenvalue weighted by molar-refractivity contribution is 7.07. The lowest BCUT2D eigenvalue weighted by molar-refractivity contribution is 0.0929. The van der Waals surface area contributed by atoms with Crippen LogP contribution in [0.1, 0.15) is 28.2 Å². The summed E-state index contributed by atoms with van der Waals surface area (Å²) in [7, 11) is 0. The quantitative estimate of drug-likeness (QED) is 0.875. The van der Waals surface area contributed by atoms with Gasteiger partial charge >= 0.3 is 0 Å². The number of carbonyl (C=O) groups excluding carboxylic acids is 1. The fourth-order valence-electron chi connectivity index (χ4n) is 2.86. The molecule has 2 aromatic heterocycles. The van der Waals surface area contributed by atoms with Crippen molar-refractivity contribution in [3.05, 3.63) is 63.0 Å². The third kappa shape index (κ3) is 2.87. The fraction of sp³-hybridized carbons (Fsp3) is 0.312. The standard InChI is InChI=1S/C16H17N3O2S/c1-2-7-19-14-5-4-12(8-11(14)3-6-15(19)20)18-16(21)13-9-22-10-17-13/h2-3,6,9-10,12H,1,4-5,7-8H2,(H,18,21). The molecule has 0 saturated heterocycles. The normalized spacial score (nSPS) is 16.8.